The van der Waals surface area contributed by atoms with Gasteiger partial charge in [-0.15, -0.1) is 0 Å². The van der Waals surface area contributed by atoms with Gasteiger partial charge >= 0.3 is 0 Å². The lowest BCUT2D eigenvalue weighted by molar-refractivity contribution is -0.111. The van der Waals surface area contributed by atoms with E-state index in [4.69, 9.17) is 10.00 Å². The number of ether oxygens (including phenoxy) is 1. The summed E-state index contributed by atoms with van der Waals surface area (Å²) in [5, 5.41) is 8.83. The molecule has 0 saturated carbocycles. The van der Waals surface area contributed by atoms with Crippen LogP contribution >= 0.6 is 0 Å². The van der Waals surface area contributed by atoms with Gasteiger partial charge in [0.05, 0.1) is 12.2 Å². The summed E-state index contributed by atoms with van der Waals surface area (Å²) < 4.78 is 19.3. The first-order chi connectivity index (χ1) is 11.5. The van der Waals surface area contributed by atoms with E-state index >= 15 is 0 Å². The van der Waals surface area contributed by atoms with E-state index in [-0.39, 0.29) is 11.3 Å². The van der Waals surface area contributed by atoms with Gasteiger partial charge in [-0.3, -0.25) is 4.79 Å². The van der Waals surface area contributed by atoms with Crippen molar-refractivity contribution in [3.63, 3.8) is 0 Å². The maximum absolute atomic E-state index is 13.9. The van der Waals surface area contributed by atoms with Crippen LogP contribution in [0.4, 0.5) is 4.39 Å². The van der Waals surface area contributed by atoms with Crippen molar-refractivity contribution in [2.75, 3.05) is 6.61 Å². The smallest absolute Gasteiger partial charge is 0.160 e. The molecule has 3 nitrogen and oxygen atoms in total. The number of carbonyl (C=O) groups is 1. The summed E-state index contributed by atoms with van der Waals surface area (Å²) in [5.74, 6) is 0.0246. The number of halogens is 1. The number of rotatable bonds is 5. The molecule has 0 heterocycles. The Morgan fingerprint density at radius 3 is 2.25 bits per heavy atom. The quantitative estimate of drug-likeness (QED) is 0.596. The van der Waals surface area contributed by atoms with Gasteiger partial charge in [0, 0.05) is 5.57 Å². The van der Waals surface area contributed by atoms with Crippen LogP contribution in [0, 0.1) is 17.1 Å². The Bertz CT molecular complexity index is 830. The molecule has 24 heavy (non-hydrogen) atoms. The molecule has 0 atom stereocenters. The number of ketones is 1. The number of nitrogens with zero attached hydrogens (tertiary/aromatic N) is 1. The lowest BCUT2D eigenvalue weighted by Gasteiger charge is -2.12. The predicted molar refractivity (Wildman–Crippen MR) is 91.9 cm³/mol. The lowest BCUT2D eigenvalue weighted by atomic mass is 9.92. The Morgan fingerprint density at radius 1 is 1.12 bits per heavy atom. The van der Waals surface area contributed by atoms with Crippen LogP contribution in [-0.4, -0.2) is 12.4 Å². The number of Topliss-reactive ketones (excluding diaryl/α,β-unsaturated/α-hetero) is 1. The van der Waals surface area contributed by atoms with Crippen molar-refractivity contribution in [1.82, 2.24) is 0 Å². The van der Waals surface area contributed by atoms with Gasteiger partial charge in [0.15, 0.2) is 5.78 Å². The Hall–Kier alpha value is -2.93. The van der Waals surface area contributed by atoms with Crippen LogP contribution < -0.4 is 4.74 Å². The standard InChI is InChI=1S/C20H18FNO2/c1-4-24-18-9-7-15(8-10-18)20(14(3)23)13(2)16-5-6-17(12-22)19(21)11-16/h5-11H,4H2,1-3H3. The molecule has 122 valence electrons. The molecule has 0 bridgehead atoms. The van der Waals surface area contributed by atoms with Gasteiger partial charge in [0.2, 0.25) is 0 Å². The molecule has 0 amide bonds. The normalized spacial score (nSPS) is 11.5. The monoisotopic (exact) mass is 323 g/mol. The number of carbonyl (C=O) groups excluding carboxylic acids is 1. The van der Waals surface area contributed by atoms with E-state index in [1.165, 1.54) is 19.1 Å². The highest BCUT2D eigenvalue weighted by Gasteiger charge is 2.14. The molecule has 0 aliphatic carbocycles. The average molecular weight is 323 g/mol. The summed E-state index contributed by atoms with van der Waals surface area (Å²) in [6, 6.07) is 13.4. The van der Waals surface area contributed by atoms with E-state index in [9.17, 15) is 9.18 Å². The zero-order valence-corrected chi connectivity index (χ0v) is 13.9. The largest absolute Gasteiger partial charge is 0.494 e. The fourth-order valence-electron chi connectivity index (χ4n) is 2.55. The molecule has 2 rings (SSSR count). The molecular formula is C20H18FNO2. The van der Waals surface area contributed by atoms with Crippen LogP contribution in [0.2, 0.25) is 0 Å². The van der Waals surface area contributed by atoms with Crippen molar-refractivity contribution in [2.24, 2.45) is 0 Å². The minimum absolute atomic E-state index is 0.0167. The summed E-state index contributed by atoms with van der Waals surface area (Å²) in [6.07, 6.45) is 0. The number of hydrogen-bond donors (Lipinski definition) is 0. The van der Waals surface area contributed by atoms with Crippen LogP contribution in [-0.2, 0) is 4.79 Å². The fraction of sp³-hybridized carbons (Fsp3) is 0.200. The van der Waals surface area contributed by atoms with E-state index in [0.717, 1.165) is 11.3 Å². The van der Waals surface area contributed by atoms with Crippen LogP contribution in [0.25, 0.3) is 11.1 Å². The predicted octanol–water partition coefficient (Wildman–Crippen LogP) is 4.62. The molecule has 0 aliphatic heterocycles. The molecule has 0 aliphatic rings. The number of nitriles is 1. The highest BCUT2D eigenvalue weighted by atomic mass is 19.1. The summed E-state index contributed by atoms with van der Waals surface area (Å²) in [4.78, 5) is 12.1. The third-order valence-corrected chi connectivity index (χ3v) is 3.70. The summed E-state index contributed by atoms with van der Waals surface area (Å²) in [7, 11) is 0. The van der Waals surface area contributed by atoms with Crippen molar-refractivity contribution in [3.05, 3.63) is 65.0 Å². The second-order valence-corrected chi connectivity index (χ2v) is 5.32. The van der Waals surface area contributed by atoms with E-state index in [2.05, 4.69) is 0 Å². The highest BCUT2D eigenvalue weighted by Crippen LogP contribution is 2.29. The van der Waals surface area contributed by atoms with Crippen molar-refractivity contribution < 1.29 is 13.9 Å². The van der Waals surface area contributed by atoms with E-state index < -0.39 is 5.82 Å². The maximum atomic E-state index is 13.9. The molecule has 2 aromatic rings. The van der Waals surface area contributed by atoms with Gasteiger partial charge in [-0.1, -0.05) is 18.2 Å². The van der Waals surface area contributed by atoms with Crippen molar-refractivity contribution >= 4 is 16.9 Å². The van der Waals surface area contributed by atoms with Crippen LogP contribution in [0.1, 0.15) is 37.5 Å². The first kappa shape index (κ1) is 17.4. The molecule has 0 unspecified atom stereocenters. The van der Waals surface area contributed by atoms with Crippen molar-refractivity contribution in [1.29, 1.82) is 5.26 Å². The summed E-state index contributed by atoms with van der Waals surface area (Å²) >= 11 is 0. The summed E-state index contributed by atoms with van der Waals surface area (Å²) in [5.41, 5.74) is 2.48. The van der Waals surface area contributed by atoms with Gasteiger partial charge in [-0.2, -0.15) is 5.26 Å². The number of benzene rings is 2. The van der Waals surface area contributed by atoms with E-state index in [0.29, 0.717) is 23.3 Å². The Kier molecular flexibility index (Phi) is 5.49. The molecular weight excluding hydrogens is 305 g/mol. The van der Waals surface area contributed by atoms with E-state index in [1.54, 1.807) is 31.2 Å². The van der Waals surface area contributed by atoms with E-state index in [1.807, 2.05) is 19.1 Å². The van der Waals surface area contributed by atoms with Crippen molar-refractivity contribution in [3.8, 4) is 11.8 Å². The Morgan fingerprint density at radius 2 is 1.75 bits per heavy atom. The van der Waals surface area contributed by atoms with Gasteiger partial charge in [0.25, 0.3) is 0 Å². The SMILES string of the molecule is CCOc1ccc(C(C(C)=O)=C(C)c2ccc(C#N)c(F)c2)cc1. The number of allylic oxidation sites excluding steroid dienone is 2. The minimum atomic E-state index is -0.594. The van der Waals surface area contributed by atoms with Gasteiger partial charge in [0.1, 0.15) is 17.6 Å². The minimum Gasteiger partial charge on any atom is -0.494 e. The third kappa shape index (κ3) is 3.69. The number of hydrogen-bond acceptors (Lipinski definition) is 3. The molecule has 4 heteroatoms. The lowest BCUT2D eigenvalue weighted by Crippen LogP contribution is -2.00. The zero-order valence-electron chi connectivity index (χ0n) is 13.9. The topological polar surface area (TPSA) is 50.1 Å². The van der Waals surface area contributed by atoms with Gasteiger partial charge in [-0.25, -0.2) is 4.39 Å². The second kappa shape index (κ2) is 7.56. The molecule has 0 radical (unpaired) electrons. The Labute approximate surface area is 141 Å². The third-order valence-electron chi connectivity index (χ3n) is 3.70. The van der Waals surface area contributed by atoms with Crippen LogP contribution in [0.15, 0.2) is 42.5 Å². The first-order valence-corrected chi connectivity index (χ1v) is 7.63. The average Bonchev–Trinajstić information content (AvgIpc) is 2.56. The Balaban J connectivity index is 2.52. The first-order valence-electron chi connectivity index (χ1n) is 7.63. The van der Waals surface area contributed by atoms with Gasteiger partial charge < -0.3 is 4.74 Å². The molecule has 0 fully saturated rings. The second-order valence-electron chi connectivity index (χ2n) is 5.32. The van der Waals surface area contributed by atoms with Crippen molar-refractivity contribution in [2.45, 2.75) is 20.8 Å². The molecule has 0 N–H and O–H groups in total. The molecule has 0 aromatic heterocycles. The highest BCUT2D eigenvalue weighted by molar-refractivity contribution is 6.26. The fourth-order valence-corrected chi connectivity index (χ4v) is 2.55. The molecule has 2 aromatic carbocycles. The molecule has 0 spiro atoms. The summed E-state index contributed by atoms with van der Waals surface area (Å²) in [6.45, 7) is 5.72. The maximum Gasteiger partial charge on any atom is 0.160 e. The zero-order chi connectivity index (χ0) is 17.7. The molecule has 0 saturated heterocycles. The van der Waals surface area contributed by atoms with Crippen LogP contribution in [0.5, 0.6) is 5.75 Å². The van der Waals surface area contributed by atoms with Gasteiger partial charge in [-0.05, 0) is 61.7 Å². The van der Waals surface area contributed by atoms with Crippen LogP contribution in [0.3, 0.4) is 0 Å².